The average molecular weight is 493 g/mol. The molecule has 1 atom stereocenters. The zero-order valence-corrected chi connectivity index (χ0v) is 18.8. The number of hydrogen-bond donors (Lipinski definition) is 0. The number of unbranched alkanes of at least 4 members (excludes halogenated alkanes) is 3. The molecule has 0 radical (unpaired) electrons. The smallest absolute Gasteiger partial charge is 0.131 e. The highest BCUT2D eigenvalue weighted by molar-refractivity contribution is 9.14. The second-order valence-electron chi connectivity index (χ2n) is 6.12. The molecule has 0 bridgehead atoms. The molecular weight excluding hydrogens is 474 g/mol. The molecule has 3 rings (SSSR count). The van der Waals surface area contributed by atoms with Crippen LogP contribution in [0.15, 0.2) is 25.8 Å². The van der Waals surface area contributed by atoms with E-state index < -0.39 is 0 Å². The quantitative estimate of drug-likeness (QED) is 0.375. The molecule has 0 spiro atoms. The van der Waals surface area contributed by atoms with Gasteiger partial charge in [0.25, 0.3) is 0 Å². The van der Waals surface area contributed by atoms with Gasteiger partial charge in [-0.3, -0.25) is 0 Å². The molecule has 23 heavy (non-hydrogen) atoms. The van der Waals surface area contributed by atoms with Crippen LogP contribution in [0.3, 0.4) is 0 Å². The lowest BCUT2D eigenvalue weighted by Crippen LogP contribution is -2.13. The lowest BCUT2D eigenvalue weighted by atomic mass is 9.84. The Morgan fingerprint density at radius 1 is 1.13 bits per heavy atom. The van der Waals surface area contributed by atoms with Crippen LogP contribution in [0.25, 0.3) is 14.4 Å². The standard InChI is InChI=1S/C17H19Br2NS3/c1-3-4-5-6-7-17(2)9-12(21-14(19)10-17)15-20-11-8-13(18)22-16(11)23-15/h8-10H,3-7H2,1-2H3. The van der Waals surface area contributed by atoms with E-state index in [0.717, 1.165) is 14.3 Å². The second-order valence-corrected chi connectivity index (χ2v) is 12.3. The maximum absolute atomic E-state index is 4.83. The average Bonchev–Trinajstić information content (AvgIpc) is 3.00. The van der Waals surface area contributed by atoms with Crippen molar-refractivity contribution in [2.24, 2.45) is 5.41 Å². The fourth-order valence-corrected chi connectivity index (χ4v) is 8.00. The summed E-state index contributed by atoms with van der Waals surface area (Å²) in [5, 5.41) is 1.15. The third kappa shape index (κ3) is 4.51. The van der Waals surface area contributed by atoms with E-state index in [1.165, 1.54) is 44.8 Å². The predicted molar refractivity (Wildman–Crippen MR) is 115 cm³/mol. The Hall–Kier alpha value is 0.380. The Bertz CT molecular complexity index is 728. The van der Waals surface area contributed by atoms with E-state index in [-0.39, 0.29) is 5.41 Å². The summed E-state index contributed by atoms with van der Waals surface area (Å²) in [6.07, 6.45) is 11.2. The van der Waals surface area contributed by atoms with Gasteiger partial charge in [-0.05, 0) is 44.3 Å². The fourth-order valence-electron chi connectivity index (χ4n) is 2.76. The van der Waals surface area contributed by atoms with Crippen molar-refractivity contribution < 1.29 is 0 Å². The number of rotatable bonds is 6. The normalized spacial score (nSPS) is 21.6. The number of halogens is 2. The predicted octanol–water partition coefficient (Wildman–Crippen LogP) is 8.42. The number of thiophene rings is 1. The van der Waals surface area contributed by atoms with Gasteiger partial charge in [0.05, 0.1) is 13.1 Å². The summed E-state index contributed by atoms with van der Waals surface area (Å²) < 4.78 is 3.67. The van der Waals surface area contributed by atoms with Gasteiger partial charge in [-0.2, -0.15) is 0 Å². The molecule has 124 valence electrons. The molecule has 6 heteroatoms. The van der Waals surface area contributed by atoms with Crippen molar-refractivity contribution in [1.82, 2.24) is 4.98 Å². The van der Waals surface area contributed by atoms with Gasteiger partial charge >= 0.3 is 0 Å². The van der Waals surface area contributed by atoms with Gasteiger partial charge < -0.3 is 0 Å². The molecule has 0 saturated heterocycles. The SMILES string of the molecule is CCCCCCC1(C)C=C(Br)SC(c2nc3cc(Br)sc3s2)=C1. The Kier molecular flexibility index (Phi) is 6.11. The molecule has 0 aliphatic carbocycles. The van der Waals surface area contributed by atoms with Crippen molar-refractivity contribution in [3.05, 3.63) is 30.8 Å². The minimum absolute atomic E-state index is 0.132. The van der Waals surface area contributed by atoms with Crippen molar-refractivity contribution >= 4 is 80.7 Å². The van der Waals surface area contributed by atoms with Gasteiger partial charge in [-0.15, -0.1) is 22.7 Å². The molecule has 3 heterocycles. The van der Waals surface area contributed by atoms with E-state index in [1.807, 2.05) is 0 Å². The lowest BCUT2D eigenvalue weighted by Gasteiger charge is -2.27. The summed E-state index contributed by atoms with van der Waals surface area (Å²) in [6.45, 7) is 4.60. The largest absolute Gasteiger partial charge is 0.235 e. The van der Waals surface area contributed by atoms with Crippen LogP contribution in [0.1, 0.15) is 51.0 Å². The highest BCUT2D eigenvalue weighted by Crippen LogP contribution is 2.49. The first-order valence-electron chi connectivity index (χ1n) is 7.84. The summed E-state index contributed by atoms with van der Waals surface area (Å²) in [6, 6.07) is 2.11. The van der Waals surface area contributed by atoms with Crippen molar-refractivity contribution in [2.75, 3.05) is 0 Å². The fraction of sp³-hybridized carbons (Fsp3) is 0.471. The topological polar surface area (TPSA) is 12.9 Å². The number of hydrogen-bond acceptors (Lipinski definition) is 4. The Labute approximate surface area is 166 Å². The van der Waals surface area contributed by atoms with Crippen molar-refractivity contribution in [3.63, 3.8) is 0 Å². The van der Waals surface area contributed by atoms with Crippen LogP contribution in [0.2, 0.25) is 0 Å². The first kappa shape index (κ1) is 18.2. The van der Waals surface area contributed by atoms with Gasteiger partial charge in [0, 0.05) is 10.3 Å². The number of aromatic nitrogens is 1. The molecule has 1 unspecified atom stereocenters. The van der Waals surface area contributed by atoms with Crippen LogP contribution in [0.4, 0.5) is 0 Å². The minimum atomic E-state index is 0.132. The van der Waals surface area contributed by atoms with E-state index in [1.54, 1.807) is 34.4 Å². The van der Waals surface area contributed by atoms with Crippen LogP contribution in [-0.2, 0) is 0 Å². The van der Waals surface area contributed by atoms with E-state index >= 15 is 0 Å². The summed E-state index contributed by atoms with van der Waals surface area (Å²) in [4.78, 5) is 6.12. The number of allylic oxidation sites excluding steroid dienone is 2. The number of thioether (sulfide) groups is 1. The molecule has 2 aromatic heterocycles. The first-order chi connectivity index (χ1) is 11.0. The third-order valence-electron chi connectivity index (χ3n) is 3.95. The van der Waals surface area contributed by atoms with Crippen LogP contribution in [-0.4, -0.2) is 4.98 Å². The molecule has 0 amide bonds. The van der Waals surface area contributed by atoms with E-state index in [4.69, 9.17) is 4.98 Å². The Morgan fingerprint density at radius 3 is 2.70 bits per heavy atom. The molecule has 0 saturated carbocycles. The summed E-state index contributed by atoms with van der Waals surface area (Å²) in [5.41, 5.74) is 1.24. The van der Waals surface area contributed by atoms with Crippen LogP contribution < -0.4 is 0 Å². The van der Waals surface area contributed by atoms with Crippen molar-refractivity contribution in [2.45, 2.75) is 46.0 Å². The zero-order chi connectivity index (χ0) is 16.4. The number of thiazole rings is 1. The zero-order valence-electron chi connectivity index (χ0n) is 13.2. The Morgan fingerprint density at radius 2 is 1.96 bits per heavy atom. The van der Waals surface area contributed by atoms with E-state index in [0.29, 0.717) is 0 Å². The van der Waals surface area contributed by atoms with Gasteiger partial charge in [-0.25, -0.2) is 4.98 Å². The highest BCUT2D eigenvalue weighted by Gasteiger charge is 2.26. The second kappa shape index (κ2) is 7.73. The van der Waals surface area contributed by atoms with Gasteiger partial charge in [0.2, 0.25) is 0 Å². The minimum Gasteiger partial charge on any atom is -0.235 e. The number of nitrogens with zero attached hydrogens (tertiary/aromatic N) is 1. The summed E-state index contributed by atoms with van der Waals surface area (Å²) in [7, 11) is 0. The molecule has 2 aromatic rings. The molecule has 0 fully saturated rings. The summed E-state index contributed by atoms with van der Waals surface area (Å²) >= 11 is 12.6. The van der Waals surface area contributed by atoms with Crippen LogP contribution >= 0.6 is 66.3 Å². The number of fused-ring (bicyclic) bond motifs is 1. The van der Waals surface area contributed by atoms with Gasteiger partial charge in [0.1, 0.15) is 9.02 Å². The molecule has 1 nitrogen and oxygen atoms in total. The highest BCUT2D eigenvalue weighted by atomic mass is 79.9. The molecule has 0 aromatic carbocycles. The van der Waals surface area contributed by atoms with Gasteiger partial charge in [0.15, 0.2) is 0 Å². The summed E-state index contributed by atoms with van der Waals surface area (Å²) in [5.74, 6) is 0. The maximum atomic E-state index is 4.83. The van der Waals surface area contributed by atoms with E-state index in [9.17, 15) is 0 Å². The van der Waals surface area contributed by atoms with Crippen molar-refractivity contribution in [1.29, 1.82) is 0 Å². The van der Waals surface area contributed by atoms with Crippen molar-refractivity contribution in [3.8, 4) is 0 Å². The molecule has 1 aliphatic heterocycles. The van der Waals surface area contributed by atoms with Crippen LogP contribution in [0, 0.1) is 5.41 Å². The van der Waals surface area contributed by atoms with Crippen LogP contribution in [0.5, 0.6) is 0 Å². The van der Waals surface area contributed by atoms with Gasteiger partial charge in [-0.1, -0.05) is 63.4 Å². The Balaban J connectivity index is 1.81. The first-order valence-corrected chi connectivity index (χ1v) is 11.9. The third-order valence-corrected chi connectivity index (χ3v) is 8.46. The maximum Gasteiger partial charge on any atom is 0.131 e. The monoisotopic (exact) mass is 491 g/mol. The molecule has 1 aliphatic rings. The molecule has 0 N–H and O–H groups in total. The van der Waals surface area contributed by atoms with E-state index in [2.05, 4.69) is 63.9 Å². The molecular formula is C17H19Br2NS3. The lowest BCUT2D eigenvalue weighted by molar-refractivity contribution is 0.461.